The number of nitrogens with zero attached hydrogens (tertiary/aromatic N) is 1. The van der Waals surface area contributed by atoms with Crippen molar-refractivity contribution in [1.82, 2.24) is 10.3 Å². The van der Waals surface area contributed by atoms with Crippen LogP contribution >= 0.6 is 0 Å². The lowest BCUT2D eigenvalue weighted by molar-refractivity contribution is 0.0601. The summed E-state index contributed by atoms with van der Waals surface area (Å²) >= 11 is 0. The van der Waals surface area contributed by atoms with Crippen LogP contribution in [0.3, 0.4) is 0 Å². The Kier molecular flexibility index (Phi) is 4.52. The molecule has 1 saturated heterocycles. The van der Waals surface area contributed by atoms with Gasteiger partial charge in [0.25, 0.3) is 0 Å². The molecule has 5 heteroatoms. The van der Waals surface area contributed by atoms with Crippen LogP contribution in [0.1, 0.15) is 23.2 Å². The Labute approximate surface area is 107 Å². The quantitative estimate of drug-likeness (QED) is 0.787. The van der Waals surface area contributed by atoms with E-state index in [1.165, 1.54) is 20.0 Å². The second-order valence-electron chi connectivity index (χ2n) is 4.48. The van der Waals surface area contributed by atoms with Gasteiger partial charge in [0.15, 0.2) is 0 Å². The van der Waals surface area contributed by atoms with E-state index in [1.807, 2.05) is 0 Å². The fourth-order valence-electron chi connectivity index (χ4n) is 2.16. The molecule has 5 nitrogen and oxygen atoms in total. The van der Waals surface area contributed by atoms with Crippen molar-refractivity contribution in [2.75, 3.05) is 32.1 Å². The standard InChI is InChI=1S/C13H19N3O2/c1-18-13(17)11-5-3-7-15-12(11)16-9-10-4-2-6-14-8-10/h3,5,7,10,14H,2,4,6,8-9H2,1H3,(H,15,16)/t10-/m0/s1. The van der Waals surface area contributed by atoms with Gasteiger partial charge in [0.05, 0.1) is 7.11 Å². The second kappa shape index (κ2) is 6.35. The summed E-state index contributed by atoms with van der Waals surface area (Å²) in [4.78, 5) is 15.8. The average molecular weight is 249 g/mol. The van der Waals surface area contributed by atoms with Gasteiger partial charge in [0.1, 0.15) is 11.4 Å². The minimum Gasteiger partial charge on any atom is -0.465 e. The van der Waals surface area contributed by atoms with Crippen molar-refractivity contribution in [3.8, 4) is 0 Å². The highest BCUT2D eigenvalue weighted by Crippen LogP contribution is 2.15. The van der Waals surface area contributed by atoms with Crippen molar-refractivity contribution in [2.24, 2.45) is 5.92 Å². The first-order valence-corrected chi connectivity index (χ1v) is 6.29. The third-order valence-electron chi connectivity index (χ3n) is 3.17. The molecule has 0 amide bonds. The number of carbonyl (C=O) groups is 1. The Hall–Kier alpha value is -1.62. The summed E-state index contributed by atoms with van der Waals surface area (Å²) in [7, 11) is 1.38. The fourth-order valence-corrected chi connectivity index (χ4v) is 2.16. The summed E-state index contributed by atoms with van der Waals surface area (Å²) in [6.45, 7) is 2.95. The van der Waals surface area contributed by atoms with Crippen LogP contribution in [-0.4, -0.2) is 37.7 Å². The molecule has 2 heterocycles. The zero-order valence-electron chi connectivity index (χ0n) is 10.6. The largest absolute Gasteiger partial charge is 0.465 e. The minimum absolute atomic E-state index is 0.354. The Morgan fingerprint density at radius 2 is 2.56 bits per heavy atom. The maximum atomic E-state index is 11.6. The normalized spacial score (nSPS) is 19.3. The summed E-state index contributed by atoms with van der Waals surface area (Å²) in [5.41, 5.74) is 0.490. The number of rotatable bonds is 4. The lowest BCUT2D eigenvalue weighted by Gasteiger charge is -2.23. The van der Waals surface area contributed by atoms with Gasteiger partial charge in [0, 0.05) is 12.7 Å². The van der Waals surface area contributed by atoms with E-state index in [0.29, 0.717) is 17.3 Å². The molecule has 0 radical (unpaired) electrons. The Bertz CT molecular complexity index is 403. The first-order valence-electron chi connectivity index (χ1n) is 6.29. The predicted molar refractivity (Wildman–Crippen MR) is 69.7 cm³/mol. The number of pyridine rings is 1. The van der Waals surface area contributed by atoms with Crippen molar-refractivity contribution in [1.29, 1.82) is 0 Å². The van der Waals surface area contributed by atoms with Crippen LogP contribution in [0.4, 0.5) is 5.82 Å². The highest BCUT2D eigenvalue weighted by Gasteiger charge is 2.16. The Morgan fingerprint density at radius 3 is 3.28 bits per heavy atom. The van der Waals surface area contributed by atoms with E-state index in [1.54, 1.807) is 18.3 Å². The molecule has 0 bridgehead atoms. The van der Waals surface area contributed by atoms with E-state index in [9.17, 15) is 4.79 Å². The van der Waals surface area contributed by atoms with Gasteiger partial charge in [-0.25, -0.2) is 9.78 Å². The summed E-state index contributed by atoms with van der Waals surface area (Å²) in [5.74, 6) is 0.841. The van der Waals surface area contributed by atoms with E-state index in [-0.39, 0.29) is 5.97 Å². The molecule has 2 N–H and O–H groups in total. The molecule has 18 heavy (non-hydrogen) atoms. The number of hydrogen-bond acceptors (Lipinski definition) is 5. The van der Waals surface area contributed by atoms with Crippen LogP contribution in [0.5, 0.6) is 0 Å². The van der Waals surface area contributed by atoms with E-state index in [0.717, 1.165) is 19.6 Å². The molecule has 0 aliphatic carbocycles. The number of hydrogen-bond donors (Lipinski definition) is 2. The Morgan fingerprint density at radius 1 is 1.67 bits per heavy atom. The number of esters is 1. The summed E-state index contributed by atoms with van der Waals surface area (Å²) in [6, 6.07) is 3.46. The van der Waals surface area contributed by atoms with Crippen LogP contribution < -0.4 is 10.6 Å². The Balaban J connectivity index is 1.97. The first-order chi connectivity index (χ1) is 8.81. The molecule has 1 fully saturated rings. The zero-order chi connectivity index (χ0) is 12.8. The molecule has 1 atom stereocenters. The van der Waals surface area contributed by atoms with Crippen molar-refractivity contribution < 1.29 is 9.53 Å². The lowest BCUT2D eigenvalue weighted by atomic mass is 10.00. The van der Waals surface area contributed by atoms with Crippen LogP contribution in [-0.2, 0) is 4.74 Å². The topological polar surface area (TPSA) is 63.2 Å². The number of carbonyl (C=O) groups excluding carboxylic acids is 1. The second-order valence-corrected chi connectivity index (χ2v) is 4.48. The molecule has 1 aromatic rings. The summed E-state index contributed by atoms with van der Waals surface area (Å²) in [5, 5.41) is 6.61. The number of aromatic nitrogens is 1. The van der Waals surface area contributed by atoms with Crippen molar-refractivity contribution >= 4 is 11.8 Å². The van der Waals surface area contributed by atoms with Gasteiger partial charge in [-0.1, -0.05) is 0 Å². The van der Waals surface area contributed by atoms with Crippen LogP contribution in [0.15, 0.2) is 18.3 Å². The highest BCUT2D eigenvalue weighted by molar-refractivity contribution is 5.94. The smallest absolute Gasteiger partial charge is 0.341 e. The molecule has 1 aliphatic rings. The molecule has 1 aliphatic heterocycles. The van der Waals surface area contributed by atoms with Gasteiger partial charge >= 0.3 is 5.97 Å². The molecule has 0 saturated carbocycles. The molecular weight excluding hydrogens is 230 g/mol. The van der Waals surface area contributed by atoms with Gasteiger partial charge in [-0.05, 0) is 44.0 Å². The van der Waals surface area contributed by atoms with Crippen LogP contribution in [0.2, 0.25) is 0 Å². The molecule has 0 spiro atoms. The van der Waals surface area contributed by atoms with Gasteiger partial charge in [-0.2, -0.15) is 0 Å². The summed E-state index contributed by atoms with van der Waals surface area (Å²) in [6.07, 6.45) is 4.09. The van der Waals surface area contributed by atoms with Crippen LogP contribution in [0, 0.1) is 5.92 Å². The molecule has 1 aromatic heterocycles. The number of nitrogens with one attached hydrogen (secondary N) is 2. The SMILES string of the molecule is COC(=O)c1cccnc1NC[C@H]1CCCNC1. The zero-order valence-corrected chi connectivity index (χ0v) is 10.6. The number of ether oxygens (including phenoxy) is 1. The minimum atomic E-state index is -0.354. The van der Waals surface area contributed by atoms with Crippen molar-refractivity contribution in [3.05, 3.63) is 23.9 Å². The highest BCUT2D eigenvalue weighted by atomic mass is 16.5. The lowest BCUT2D eigenvalue weighted by Crippen LogP contribution is -2.33. The maximum absolute atomic E-state index is 11.6. The van der Waals surface area contributed by atoms with Crippen LogP contribution in [0.25, 0.3) is 0 Å². The van der Waals surface area contributed by atoms with Gasteiger partial charge < -0.3 is 15.4 Å². The van der Waals surface area contributed by atoms with Gasteiger partial charge in [0.2, 0.25) is 0 Å². The van der Waals surface area contributed by atoms with Gasteiger partial charge in [-0.3, -0.25) is 0 Å². The van der Waals surface area contributed by atoms with Crippen molar-refractivity contribution in [2.45, 2.75) is 12.8 Å². The number of methoxy groups -OCH3 is 1. The van der Waals surface area contributed by atoms with E-state index < -0.39 is 0 Å². The third-order valence-corrected chi connectivity index (χ3v) is 3.17. The first kappa shape index (κ1) is 12.8. The summed E-state index contributed by atoms with van der Waals surface area (Å²) < 4.78 is 4.74. The molecule has 98 valence electrons. The molecule has 2 rings (SSSR count). The van der Waals surface area contributed by atoms with E-state index >= 15 is 0 Å². The third kappa shape index (κ3) is 3.20. The molecular formula is C13H19N3O2. The van der Waals surface area contributed by atoms with E-state index in [2.05, 4.69) is 15.6 Å². The van der Waals surface area contributed by atoms with Gasteiger partial charge in [-0.15, -0.1) is 0 Å². The number of anilines is 1. The predicted octanol–water partition coefficient (Wildman–Crippen LogP) is 1.28. The monoisotopic (exact) mass is 249 g/mol. The molecule has 0 aromatic carbocycles. The maximum Gasteiger partial charge on any atom is 0.341 e. The van der Waals surface area contributed by atoms with E-state index in [4.69, 9.17) is 4.74 Å². The fraction of sp³-hybridized carbons (Fsp3) is 0.538. The van der Waals surface area contributed by atoms with Crippen molar-refractivity contribution in [3.63, 3.8) is 0 Å². The molecule has 0 unspecified atom stereocenters. The number of piperidine rings is 1. The average Bonchev–Trinajstić information content (AvgIpc) is 2.45.